The van der Waals surface area contributed by atoms with Crippen LogP contribution in [-0.2, 0) is 11.3 Å². The first-order valence-electron chi connectivity index (χ1n) is 8.62. The Morgan fingerprint density at radius 2 is 1.85 bits per heavy atom. The molecule has 1 heterocycles. The van der Waals surface area contributed by atoms with E-state index in [0.717, 1.165) is 28.7 Å². The predicted molar refractivity (Wildman–Crippen MR) is 100 cm³/mol. The van der Waals surface area contributed by atoms with Crippen LogP contribution in [0.3, 0.4) is 0 Å². The average Bonchev–Trinajstić information content (AvgIpc) is 3.05. The van der Waals surface area contributed by atoms with Crippen LogP contribution in [0.2, 0.25) is 0 Å². The largest absolute Gasteiger partial charge is 0.497 e. The molecule has 3 aromatic rings. The van der Waals surface area contributed by atoms with E-state index in [-0.39, 0.29) is 11.9 Å². The van der Waals surface area contributed by atoms with Gasteiger partial charge in [0.25, 0.3) is 5.91 Å². The molecule has 26 heavy (non-hydrogen) atoms. The highest BCUT2D eigenvalue weighted by Gasteiger charge is 2.22. The van der Waals surface area contributed by atoms with E-state index in [1.807, 2.05) is 55.5 Å². The van der Waals surface area contributed by atoms with E-state index >= 15 is 0 Å². The molecule has 136 valence electrons. The Labute approximate surface area is 152 Å². The van der Waals surface area contributed by atoms with Crippen molar-refractivity contribution in [2.24, 2.45) is 0 Å². The molecule has 2 aromatic carbocycles. The van der Waals surface area contributed by atoms with Crippen molar-refractivity contribution in [2.75, 3.05) is 14.2 Å². The third kappa shape index (κ3) is 3.58. The number of amides is 1. The molecule has 0 aliphatic heterocycles. The molecule has 5 nitrogen and oxygen atoms in total. The third-order valence-corrected chi connectivity index (χ3v) is 4.42. The van der Waals surface area contributed by atoms with Crippen LogP contribution in [0, 0.1) is 0 Å². The Morgan fingerprint density at radius 3 is 2.50 bits per heavy atom. The summed E-state index contributed by atoms with van der Waals surface area (Å²) in [6.07, 6.45) is 0.762. The number of rotatable bonds is 7. The summed E-state index contributed by atoms with van der Waals surface area (Å²) in [5, 5.41) is 3.97. The summed E-state index contributed by atoms with van der Waals surface area (Å²) in [5.41, 5.74) is 2.47. The minimum absolute atomic E-state index is 0.114. The van der Waals surface area contributed by atoms with Crippen molar-refractivity contribution in [3.8, 4) is 5.75 Å². The summed E-state index contributed by atoms with van der Waals surface area (Å²) in [6.45, 7) is 2.35. The molecule has 0 aliphatic rings. The molecule has 1 atom stereocenters. The molecule has 0 fully saturated rings. The topological polar surface area (TPSA) is 60.7 Å². The average molecular weight is 353 g/mol. The zero-order chi connectivity index (χ0) is 18.5. The lowest BCUT2D eigenvalue weighted by Gasteiger charge is -2.17. The first-order chi connectivity index (χ1) is 12.7. The number of fused-ring (bicyclic) bond motifs is 1. The van der Waals surface area contributed by atoms with Gasteiger partial charge in [-0.3, -0.25) is 4.79 Å². The van der Waals surface area contributed by atoms with Crippen molar-refractivity contribution in [2.45, 2.75) is 26.0 Å². The molecule has 1 N–H and O–H groups in total. The molecule has 0 aliphatic carbocycles. The third-order valence-electron chi connectivity index (χ3n) is 4.42. The smallest absolute Gasteiger partial charge is 0.287 e. The molecule has 5 heteroatoms. The maximum absolute atomic E-state index is 12.9. The summed E-state index contributed by atoms with van der Waals surface area (Å²) in [5.74, 6) is 0.852. The Kier molecular flexibility index (Phi) is 5.58. The maximum Gasteiger partial charge on any atom is 0.287 e. The van der Waals surface area contributed by atoms with E-state index in [2.05, 4.69) is 5.32 Å². The molecule has 1 aromatic heterocycles. The number of methoxy groups -OCH3 is 2. The first-order valence-corrected chi connectivity index (χ1v) is 8.62. The van der Waals surface area contributed by atoms with E-state index in [0.29, 0.717) is 18.0 Å². The van der Waals surface area contributed by atoms with Gasteiger partial charge in [-0.15, -0.1) is 0 Å². The van der Waals surface area contributed by atoms with Crippen molar-refractivity contribution in [1.82, 2.24) is 5.32 Å². The van der Waals surface area contributed by atoms with Crippen LogP contribution in [0.5, 0.6) is 5.75 Å². The SMILES string of the molecule is CC[C@@H](NC(=O)c1oc2ccccc2c1COC)c1ccc(OC)cc1. The molecule has 0 spiro atoms. The van der Waals surface area contributed by atoms with E-state index in [9.17, 15) is 4.79 Å². The minimum atomic E-state index is -0.240. The molecular weight excluding hydrogens is 330 g/mol. The van der Waals surface area contributed by atoms with Crippen molar-refractivity contribution in [1.29, 1.82) is 0 Å². The van der Waals surface area contributed by atoms with Crippen LogP contribution in [0.15, 0.2) is 52.9 Å². The summed E-state index contributed by atoms with van der Waals surface area (Å²) in [7, 11) is 3.24. The summed E-state index contributed by atoms with van der Waals surface area (Å²) < 4.78 is 16.3. The van der Waals surface area contributed by atoms with Crippen LogP contribution < -0.4 is 10.1 Å². The van der Waals surface area contributed by atoms with Gasteiger partial charge in [0.1, 0.15) is 11.3 Å². The van der Waals surface area contributed by atoms with E-state index < -0.39 is 0 Å². The highest BCUT2D eigenvalue weighted by atomic mass is 16.5. The van der Waals surface area contributed by atoms with Gasteiger partial charge in [-0.1, -0.05) is 37.3 Å². The lowest BCUT2D eigenvalue weighted by atomic mass is 10.0. The van der Waals surface area contributed by atoms with Gasteiger partial charge in [-0.05, 0) is 30.2 Å². The van der Waals surface area contributed by atoms with E-state index in [1.165, 1.54) is 0 Å². The predicted octanol–water partition coefficient (Wildman–Crippen LogP) is 4.47. The fourth-order valence-electron chi connectivity index (χ4n) is 3.05. The molecule has 3 rings (SSSR count). The van der Waals surface area contributed by atoms with Crippen LogP contribution in [0.4, 0.5) is 0 Å². The fourth-order valence-corrected chi connectivity index (χ4v) is 3.05. The van der Waals surface area contributed by atoms with Crippen molar-refractivity contribution < 1.29 is 18.7 Å². The first kappa shape index (κ1) is 18.0. The zero-order valence-electron chi connectivity index (χ0n) is 15.2. The van der Waals surface area contributed by atoms with Crippen LogP contribution in [0.25, 0.3) is 11.0 Å². The highest BCUT2D eigenvalue weighted by molar-refractivity contribution is 5.99. The normalized spacial score (nSPS) is 12.1. The molecule has 0 unspecified atom stereocenters. The number of carbonyl (C=O) groups excluding carboxylic acids is 1. The molecule has 1 amide bonds. The second-order valence-corrected chi connectivity index (χ2v) is 6.05. The minimum Gasteiger partial charge on any atom is -0.497 e. The summed E-state index contributed by atoms with van der Waals surface area (Å²) in [4.78, 5) is 12.9. The lowest BCUT2D eigenvalue weighted by Crippen LogP contribution is -2.28. The Hall–Kier alpha value is -2.79. The number of ether oxygens (including phenoxy) is 2. The molecular formula is C21H23NO4. The lowest BCUT2D eigenvalue weighted by molar-refractivity contribution is 0.0903. The quantitative estimate of drug-likeness (QED) is 0.681. The van der Waals surface area contributed by atoms with Crippen LogP contribution in [-0.4, -0.2) is 20.1 Å². The second-order valence-electron chi connectivity index (χ2n) is 6.05. The number of carbonyl (C=O) groups is 1. The number of nitrogens with one attached hydrogen (secondary N) is 1. The van der Waals surface area contributed by atoms with Gasteiger partial charge in [0, 0.05) is 18.1 Å². The van der Waals surface area contributed by atoms with Gasteiger partial charge in [0.05, 0.1) is 19.8 Å². The molecule has 0 radical (unpaired) electrons. The number of hydrogen-bond donors (Lipinski definition) is 1. The van der Waals surface area contributed by atoms with Gasteiger partial charge in [0.2, 0.25) is 0 Å². The molecule has 0 saturated carbocycles. The van der Waals surface area contributed by atoms with Crippen LogP contribution >= 0.6 is 0 Å². The maximum atomic E-state index is 12.9. The number of furan rings is 1. The van der Waals surface area contributed by atoms with Gasteiger partial charge in [0.15, 0.2) is 5.76 Å². The molecule has 0 saturated heterocycles. The summed E-state index contributed by atoms with van der Waals surface area (Å²) >= 11 is 0. The number of hydrogen-bond acceptors (Lipinski definition) is 4. The van der Waals surface area contributed by atoms with E-state index in [1.54, 1.807) is 14.2 Å². The Morgan fingerprint density at radius 1 is 1.12 bits per heavy atom. The van der Waals surface area contributed by atoms with Gasteiger partial charge in [-0.25, -0.2) is 0 Å². The molecule has 0 bridgehead atoms. The second kappa shape index (κ2) is 8.06. The van der Waals surface area contributed by atoms with Gasteiger partial charge < -0.3 is 19.2 Å². The monoisotopic (exact) mass is 353 g/mol. The number of benzene rings is 2. The standard InChI is InChI=1S/C21H23NO4/c1-4-18(14-9-11-15(25-3)12-10-14)22-21(23)20-17(13-24-2)16-7-5-6-8-19(16)26-20/h5-12,18H,4,13H2,1-3H3,(H,22,23)/t18-/m1/s1. The highest BCUT2D eigenvalue weighted by Crippen LogP contribution is 2.28. The Balaban J connectivity index is 1.88. The van der Waals surface area contributed by atoms with Gasteiger partial charge >= 0.3 is 0 Å². The van der Waals surface area contributed by atoms with Crippen molar-refractivity contribution in [3.05, 3.63) is 65.4 Å². The van der Waals surface area contributed by atoms with Crippen molar-refractivity contribution in [3.63, 3.8) is 0 Å². The fraction of sp³-hybridized carbons (Fsp3) is 0.286. The van der Waals surface area contributed by atoms with Crippen LogP contribution in [0.1, 0.15) is 41.1 Å². The Bertz CT molecular complexity index is 883. The van der Waals surface area contributed by atoms with Crippen molar-refractivity contribution >= 4 is 16.9 Å². The summed E-state index contributed by atoms with van der Waals surface area (Å²) in [6, 6.07) is 15.2. The van der Waals surface area contributed by atoms with E-state index in [4.69, 9.17) is 13.9 Å². The van der Waals surface area contributed by atoms with Gasteiger partial charge in [-0.2, -0.15) is 0 Å². The number of para-hydroxylation sites is 1. The zero-order valence-corrected chi connectivity index (χ0v) is 15.2.